The monoisotopic (exact) mass is 323 g/mol. The molecule has 1 atom stereocenters. The van der Waals surface area contributed by atoms with E-state index in [4.69, 9.17) is 4.74 Å². The Morgan fingerprint density at radius 3 is 2.09 bits per heavy atom. The number of hydrogen-bond donors (Lipinski definition) is 1. The molecule has 2 aromatic rings. The molecule has 0 aromatic heterocycles. The second-order valence-electron chi connectivity index (χ2n) is 4.70. The summed E-state index contributed by atoms with van der Waals surface area (Å²) in [7, 11) is 0. The van der Waals surface area contributed by atoms with Crippen molar-refractivity contribution in [2.24, 2.45) is 0 Å². The van der Waals surface area contributed by atoms with Crippen molar-refractivity contribution >= 4 is 17.6 Å². The highest BCUT2D eigenvalue weighted by molar-refractivity contribution is 5.97. The molecule has 0 saturated heterocycles. The van der Waals surface area contributed by atoms with Crippen molar-refractivity contribution in [1.82, 2.24) is 0 Å². The number of halogens is 3. The van der Waals surface area contributed by atoms with Gasteiger partial charge in [-0.15, -0.1) is 0 Å². The summed E-state index contributed by atoms with van der Waals surface area (Å²) >= 11 is 0. The summed E-state index contributed by atoms with van der Waals surface area (Å²) in [5.74, 6) is -4.02. The van der Waals surface area contributed by atoms with Crippen LogP contribution in [0.15, 0.2) is 42.5 Å². The Balaban J connectivity index is 1.99. The number of amides is 1. The summed E-state index contributed by atoms with van der Waals surface area (Å²) in [5, 5.41) is 2.42. The molecule has 0 aliphatic heterocycles. The molecule has 0 unspecified atom stereocenters. The van der Waals surface area contributed by atoms with E-state index in [-0.39, 0.29) is 5.56 Å². The molecule has 4 nitrogen and oxygen atoms in total. The Hall–Kier alpha value is -2.83. The smallest absolute Gasteiger partial charge is 0.339 e. The number of nitrogens with one attached hydrogen (secondary N) is 1. The number of hydrogen-bond acceptors (Lipinski definition) is 3. The lowest BCUT2D eigenvalue weighted by atomic mass is 10.2. The summed E-state index contributed by atoms with van der Waals surface area (Å²) in [6.45, 7) is 1.30. The molecular weight excluding hydrogens is 311 g/mol. The number of esters is 1. The molecule has 120 valence electrons. The van der Waals surface area contributed by atoms with Gasteiger partial charge in [-0.1, -0.05) is 0 Å². The van der Waals surface area contributed by atoms with Crippen molar-refractivity contribution < 1.29 is 27.5 Å². The van der Waals surface area contributed by atoms with E-state index in [2.05, 4.69) is 5.32 Å². The average molecular weight is 323 g/mol. The molecule has 2 rings (SSSR count). The van der Waals surface area contributed by atoms with Crippen LogP contribution >= 0.6 is 0 Å². The third-order valence-corrected chi connectivity index (χ3v) is 2.86. The number of benzene rings is 2. The number of carbonyl (C=O) groups is 2. The van der Waals surface area contributed by atoms with Crippen molar-refractivity contribution in [3.63, 3.8) is 0 Å². The standard InChI is InChI=1S/C16H12F3NO3/c1-9(15(21)20-14-4-2-11(17)3-5-14)23-16(22)10-6-12(18)8-13(19)7-10/h2-9H,1H3,(H,20,21)/t9-/m1/s1. The molecule has 1 N–H and O–H groups in total. The molecule has 2 aromatic carbocycles. The number of ether oxygens (including phenoxy) is 1. The molecule has 1 amide bonds. The number of carbonyl (C=O) groups excluding carboxylic acids is 2. The van der Waals surface area contributed by atoms with Crippen LogP contribution in [0.2, 0.25) is 0 Å². The average Bonchev–Trinajstić information content (AvgIpc) is 2.48. The first kappa shape index (κ1) is 16.5. The summed E-state index contributed by atoms with van der Waals surface area (Å²) in [6, 6.07) is 7.20. The fourth-order valence-electron chi connectivity index (χ4n) is 1.73. The minimum Gasteiger partial charge on any atom is -0.449 e. The van der Waals surface area contributed by atoms with Gasteiger partial charge in [-0.25, -0.2) is 18.0 Å². The molecule has 0 bridgehead atoms. The van der Waals surface area contributed by atoms with Crippen LogP contribution in [0.4, 0.5) is 18.9 Å². The van der Waals surface area contributed by atoms with E-state index in [1.54, 1.807) is 0 Å². The topological polar surface area (TPSA) is 55.4 Å². The highest BCUT2D eigenvalue weighted by atomic mass is 19.1. The molecule has 0 saturated carbocycles. The van der Waals surface area contributed by atoms with Gasteiger partial charge in [0.15, 0.2) is 6.10 Å². The van der Waals surface area contributed by atoms with E-state index in [1.165, 1.54) is 19.1 Å². The van der Waals surface area contributed by atoms with Gasteiger partial charge in [0.2, 0.25) is 0 Å². The zero-order valence-electron chi connectivity index (χ0n) is 12.0. The van der Waals surface area contributed by atoms with Crippen LogP contribution in [0.3, 0.4) is 0 Å². The Bertz CT molecular complexity index is 712. The maximum atomic E-state index is 13.0. The van der Waals surface area contributed by atoms with E-state index in [9.17, 15) is 22.8 Å². The minimum atomic E-state index is -1.21. The first-order valence-corrected chi connectivity index (χ1v) is 6.58. The highest BCUT2D eigenvalue weighted by Gasteiger charge is 2.20. The Labute approximate surface area is 129 Å². The lowest BCUT2D eigenvalue weighted by molar-refractivity contribution is -0.123. The second-order valence-corrected chi connectivity index (χ2v) is 4.70. The van der Waals surface area contributed by atoms with Crippen LogP contribution in [0.5, 0.6) is 0 Å². The van der Waals surface area contributed by atoms with Crippen LogP contribution in [-0.2, 0) is 9.53 Å². The van der Waals surface area contributed by atoms with Gasteiger partial charge in [-0.2, -0.15) is 0 Å². The maximum absolute atomic E-state index is 13.0. The summed E-state index contributed by atoms with van der Waals surface area (Å²) in [4.78, 5) is 23.6. The van der Waals surface area contributed by atoms with Crippen molar-refractivity contribution in [2.75, 3.05) is 5.32 Å². The molecular formula is C16H12F3NO3. The Morgan fingerprint density at radius 1 is 0.957 bits per heavy atom. The molecule has 0 radical (unpaired) electrons. The third-order valence-electron chi connectivity index (χ3n) is 2.86. The van der Waals surface area contributed by atoms with Gasteiger partial charge in [-0.05, 0) is 43.3 Å². The quantitative estimate of drug-likeness (QED) is 0.879. The third kappa shape index (κ3) is 4.57. The van der Waals surface area contributed by atoms with E-state index >= 15 is 0 Å². The number of rotatable bonds is 4. The normalized spacial score (nSPS) is 11.7. The number of anilines is 1. The van der Waals surface area contributed by atoms with E-state index in [0.717, 1.165) is 24.3 Å². The van der Waals surface area contributed by atoms with Crippen molar-refractivity contribution in [3.05, 3.63) is 65.5 Å². The predicted molar refractivity (Wildman–Crippen MR) is 76.3 cm³/mol. The predicted octanol–water partition coefficient (Wildman–Crippen LogP) is 3.29. The first-order chi connectivity index (χ1) is 10.8. The fourth-order valence-corrected chi connectivity index (χ4v) is 1.73. The van der Waals surface area contributed by atoms with Gasteiger partial charge < -0.3 is 10.1 Å². The maximum Gasteiger partial charge on any atom is 0.339 e. The van der Waals surface area contributed by atoms with Crippen molar-refractivity contribution in [1.29, 1.82) is 0 Å². The van der Waals surface area contributed by atoms with Crippen LogP contribution < -0.4 is 5.32 Å². The summed E-state index contributed by atoms with van der Waals surface area (Å²) in [6.07, 6.45) is -1.21. The first-order valence-electron chi connectivity index (χ1n) is 6.58. The highest BCUT2D eigenvalue weighted by Crippen LogP contribution is 2.12. The van der Waals surface area contributed by atoms with Gasteiger partial charge in [-0.3, -0.25) is 4.79 Å². The molecule has 0 heterocycles. The van der Waals surface area contributed by atoms with Crippen molar-refractivity contribution in [2.45, 2.75) is 13.0 Å². The zero-order chi connectivity index (χ0) is 17.0. The van der Waals surface area contributed by atoms with E-state index in [1.807, 2.05) is 0 Å². The zero-order valence-corrected chi connectivity index (χ0v) is 12.0. The largest absolute Gasteiger partial charge is 0.449 e. The van der Waals surface area contributed by atoms with Crippen LogP contribution in [0.25, 0.3) is 0 Å². The van der Waals surface area contributed by atoms with Gasteiger partial charge >= 0.3 is 5.97 Å². The fraction of sp³-hybridized carbons (Fsp3) is 0.125. The van der Waals surface area contributed by atoms with Gasteiger partial charge in [0.25, 0.3) is 5.91 Å². The lowest BCUT2D eigenvalue weighted by Gasteiger charge is -2.13. The Kier molecular flexibility index (Phi) is 5.00. The van der Waals surface area contributed by atoms with Crippen LogP contribution in [0, 0.1) is 17.5 Å². The van der Waals surface area contributed by atoms with E-state index < -0.39 is 35.4 Å². The van der Waals surface area contributed by atoms with Crippen molar-refractivity contribution in [3.8, 4) is 0 Å². The molecule has 7 heteroatoms. The molecule has 23 heavy (non-hydrogen) atoms. The van der Waals surface area contributed by atoms with Gasteiger partial charge in [0.1, 0.15) is 17.5 Å². The molecule has 0 aliphatic carbocycles. The SMILES string of the molecule is C[C@@H](OC(=O)c1cc(F)cc(F)c1)C(=O)Nc1ccc(F)cc1. The molecule has 0 spiro atoms. The van der Waals surface area contributed by atoms with Gasteiger partial charge in [0, 0.05) is 11.8 Å². The molecule has 0 aliphatic rings. The molecule has 0 fully saturated rings. The van der Waals surface area contributed by atoms with Crippen LogP contribution in [-0.4, -0.2) is 18.0 Å². The minimum absolute atomic E-state index is 0.316. The van der Waals surface area contributed by atoms with E-state index in [0.29, 0.717) is 11.8 Å². The lowest BCUT2D eigenvalue weighted by Crippen LogP contribution is -2.30. The Morgan fingerprint density at radius 2 is 1.52 bits per heavy atom. The summed E-state index contributed by atoms with van der Waals surface area (Å²) in [5.41, 5.74) is -0.0277. The summed E-state index contributed by atoms with van der Waals surface area (Å²) < 4.78 is 43.7. The van der Waals surface area contributed by atoms with Crippen LogP contribution in [0.1, 0.15) is 17.3 Å². The van der Waals surface area contributed by atoms with Gasteiger partial charge in [0.05, 0.1) is 5.56 Å². The second kappa shape index (κ2) is 6.95.